The Bertz CT molecular complexity index is 972. The first-order valence-electron chi connectivity index (χ1n) is 8.89. The molecule has 3 aromatic rings. The highest BCUT2D eigenvalue weighted by Crippen LogP contribution is 2.27. The van der Waals surface area contributed by atoms with Crippen LogP contribution in [0.15, 0.2) is 24.3 Å². The second kappa shape index (κ2) is 7.77. The molecule has 1 aromatic carbocycles. The Morgan fingerprint density at radius 3 is 2.36 bits per heavy atom. The number of fused-ring (bicyclic) bond motifs is 3. The fraction of sp³-hybridized carbons (Fsp3) is 0.400. The van der Waals surface area contributed by atoms with Gasteiger partial charge in [0.05, 0.1) is 5.52 Å². The van der Waals surface area contributed by atoms with E-state index in [1.165, 1.54) is 32.1 Å². The Balaban J connectivity index is 1.98. The number of aromatic nitrogens is 3. The molecule has 0 amide bonds. The standard InChI is InChI=1S/C20H21N5/c1-2-3-4-5-6-9-12-25-18-11-8-7-10-15(18)19-20(25)24-17(14-22)16(13-21)23-19/h7-8,10-11H,2-6,9,12H2,1H3. The SMILES string of the molecule is CCCCCCCCn1c2ccccc2c2nc(C#N)c(C#N)nc21. The fourth-order valence-corrected chi connectivity index (χ4v) is 3.25. The van der Waals surface area contributed by atoms with Crippen molar-refractivity contribution in [1.29, 1.82) is 10.5 Å². The van der Waals surface area contributed by atoms with Gasteiger partial charge in [-0.25, -0.2) is 9.97 Å². The van der Waals surface area contributed by atoms with Gasteiger partial charge in [-0.3, -0.25) is 0 Å². The van der Waals surface area contributed by atoms with Crippen LogP contribution >= 0.6 is 0 Å². The Kier molecular flexibility index (Phi) is 5.26. The molecule has 3 rings (SSSR count). The Morgan fingerprint density at radius 2 is 1.60 bits per heavy atom. The van der Waals surface area contributed by atoms with Gasteiger partial charge in [0.15, 0.2) is 17.0 Å². The minimum atomic E-state index is 0.0949. The maximum absolute atomic E-state index is 9.26. The van der Waals surface area contributed by atoms with Crippen molar-refractivity contribution >= 4 is 22.1 Å². The minimum absolute atomic E-state index is 0.0949. The zero-order valence-electron chi connectivity index (χ0n) is 14.5. The molecule has 0 unspecified atom stereocenters. The molecular weight excluding hydrogens is 310 g/mol. The van der Waals surface area contributed by atoms with Crippen LogP contribution in [-0.2, 0) is 6.54 Å². The molecule has 2 heterocycles. The number of para-hydroxylation sites is 1. The van der Waals surface area contributed by atoms with E-state index in [0.717, 1.165) is 23.9 Å². The lowest BCUT2D eigenvalue weighted by Crippen LogP contribution is -2.02. The third kappa shape index (κ3) is 3.32. The molecule has 0 atom stereocenters. The van der Waals surface area contributed by atoms with Gasteiger partial charge in [0, 0.05) is 11.9 Å². The van der Waals surface area contributed by atoms with Crippen LogP contribution < -0.4 is 0 Å². The van der Waals surface area contributed by atoms with Crippen LogP contribution in [0.4, 0.5) is 0 Å². The van der Waals surface area contributed by atoms with Gasteiger partial charge in [-0.15, -0.1) is 0 Å². The summed E-state index contributed by atoms with van der Waals surface area (Å²) in [6.45, 7) is 3.07. The molecule has 0 aliphatic heterocycles. The highest BCUT2D eigenvalue weighted by molar-refractivity contribution is 6.04. The van der Waals surface area contributed by atoms with Gasteiger partial charge in [0.1, 0.15) is 17.7 Å². The lowest BCUT2D eigenvalue weighted by atomic mass is 10.1. The fourth-order valence-electron chi connectivity index (χ4n) is 3.25. The number of aryl methyl sites for hydroxylation is 1. The summed E-state index contributed by atoms with van der Waals surface area (Å²) in [7, 11) is 0. The summed E-state index contributed by atoms with van der Waals surface area (Å²) in [5.74, 6) is 0. The third-order valence-electron chi connectivity index (χ3n) is 4.53. The summed E-state index contributed by atoms with van der Waals surface area (Å²) >= 11 is 0. The molecule has 0 radical (unpaired) electrons. The molecule has 5 heteroatoms. The van der Waals surface area contributed by atoms with E-state index in [4.69, 9.17) is 0 Å². The van der Waals surface area contributed by atoms with E-state index in [-0.39, 0.29) is 11.4 Å². The molecule has 0 aliphatic rings. The molecule has 0 bridgehead atoms. The van der Waals surface area contributed by atoms with E-state index in [9.17, 15) is 10.5 Å². The van der Waals surface area contributed by atoms with Gasteiger partial charge in [0.25, 0.3) is 0 Å². The summed E-state index contributed by atoms with van der Waals surface area (Å²) in [6.07, 6.45) is 7.33. The molecule has 126 valence electrons. The van der Waals surface area contributed by atoms with E-state index in [0.29, 0.717) is 11.2 Å². The first kappa shape index (κ1) is 16.9. The topological polar surface area (TPSA) is 78.3 Å². The van der Waals surface area contributed by atoms with Crippen LogP contribution in [0, 0.1) is 22.7 Å². The summed E-state index contributed by atoms with van der Waals surface area (Å²) in [6, 6.07) is 12.0. The average Bonchev–Trinajstić information content (AvgIpc) is 2.96. The van der Waals surface area contributed by atoms with Crippen LogP contribution in [0.25, 0.3) is 22.1 Å². The first-order chi connectivity index (χ1) is 12.3. The number of rotatable bonds is 7. The van der Waals surface area contributed by atoms with Crippen molar-refractivity contribution < 1.29 is 0 Å². The monoisotopic (exact) mass is 331 g/mol. The second-order valence-corrected chi connectivity index (χ2v) is 6.25. The van der Waals surface area contributed by atoms with Crippen molar-refractivity contribution in [2.24, 2.45) is 0 Å². The van der Waals surface area contributed by atoms with Crippen molar-refractivity contribution in [1.82, 2.24) is 14.5 Å². The number of hydrogen-bond acceptors (Lipinski definition) is 4. The summed E-state index contributed by atoms with van der Waals surface area (Å²) in [5.41, 5.74) is 2.66. The number of hydrogen-bond donors (Lipinski definition) is 0. The normalized spacial score (nSPS) is 10.8. The van der Waals surface area contributed by atoms with E-state index in [1.807, 2.05) is 36.4 Å². The van der Waals surface area contributed by atoms with E-state index >= 15 is 0 Å². The van der Waals surface area contributed by atoms with Crippen molar-refractivity contribution in [3.63, 3.8) is 0 Å². The maximum Gasteiger partial charge on any atom is 0.179 e. The van der Waals surface area contributed by atoms with Crippen LogP contribution in [0.2, 0.25) is 0 Å². The number of nitriles is 2. The Labute approximate surface area is 147 Å². The molecule has 0 fully saturated rings. The zero-order valence-corrected chi connectivity index (χ0v) is 14.5. The average molecular weight is 331 g/mol. The quantitative estimate of drug-likeness (QED) is 0.588. The summed E-state index contributed by atoms with van der Waals surface area (Å²) in [4.78, 5) is 8.86. The molecule has 0 aliphatic carbocycles. The van der Waals surface area contributed by atoms with E-state index < -0.39 is 0 Å². The van der Waals surface area contributed by atoms with Crippen molar-refractivity contribution in [3.05, 3.63) is 35.7 Å². The Hall–Kier alpha value is -2.92. The van der Waals surface area contributed by atoms with Crippen LogP contribution in [0.3, 0.4) is 0 Å². The van der Waals surface area contributed by atoms with Crippen LogP contribution in [-0.4, -0.2) is 14.5 Å². The number of nitrogens with zero attached hydrogens (tertiary/aromatic N) is 5. The predicted molar refractivity (Wildman–Crippen MR) is 97.8 cm³/mol. The first-order valence-corrected chi connectivity index (χ1v) is 8.89. The molecule has 0 saturated heterocycles. The molecule has 5 nitrogen and oxygen atoms in total. The summed E-state index contributed by atoms with van der Waals surface area (Å²) in [5, 5.41) is 19.5. The third-order valence-corrected chi connectivity index (χ3v) is 4.53. The van der Waals surface area contributed by atoms with Gasteiger partial charge in [-0.1, -0.05) is 57.2 Å². The number of benzene rings is 1. The molecule has 0 saturated carbocycles. The van der Waals surface area contributed by atoms with E-state index in [1.54, 1.807) is 0 Å². The maximum atomic E-state index is 9.26. The Morgan fingerprint density at radius 1 is 0.920 bits per heavy atom. The van der Waals surface area contributed by atoms with Crippen molar-refractivity contribution in [3.8, 4) is 12.1 Å². The molecular formula is C20H21N5. The lowest BCUT2D eigenvalue weighted by Gasteiger charge is -2.07. The van der Waals surface area contributed by atoms with Crippen molar-refractivity contribution in [2.75, 3.05) is 0 Å². The molecule has 2 aromatic heterocycles. The van der Waals surface area contributed by atoms with Crippen LogP contribution in [0.5, 0.6) is 0 Å². The van der Waals surface area contributed by atoms with Gasteiger partial charge in [0.2, 0.25) is 0 Å². The molecule has 0 N–H and O–H groups in total. The smallest absolute Gasteiger partial charge is 0.179 e. The highest BCUT2D eigenvalue weighted by Gasteiger charge is 2.16. The van der Waals surface area contributed by atoms with Gasteiger partial charge in [-0.2, -0.15) is 10.5 Å². The van der Waals surface area contributed by atoms with E-state index in [2.05, 4.69) is 21.5 Å². The molecule has 0 spiro atoms. The lowest BCUT2D eigenvalue weighted by molar-refractivity contribution is 0.569. The summed E-state index contributed by atoms with van der Waals surface area (Å²) < 4.78 is 2.14. The molecule has 25 heavy (non-hydrogen) atoms. The van der Waals surface area contributed by atoms with Gasteiger partial charge in [-0.05, 0) is 12.5 Å². The van der Waals surface area contributed by atoms with Gasteiger partial charge >= 0.3 is 0 Å². The minimum Gasteiger partial charge on any atom is -0.324 e. The van der Waals surface area contributed by atoms with Crippen molar-refractivity contribution in [2.45, 2.75) is 52.0 Å². The van der Waals surface area contributed by atoms with Gasteiger partial charge < -0.3 is 4.57 Å². The second-order valence-electron chi connectivity index (χ2n) is 6.25. The largest absolute Gasteiger partial charge is 0.324 e. The number of unbranched alkanes of at least 4 members (excludes halogenated alkanes) is 5. The van der Waals surface area contributed by atoms with Crippen LogP contribution in [0.1, 0.15) is 56.8 Å². The zero-order chi connectivity index (χ0) is 17.6. The highest BCUT2D eigenvalue weighted by atomic mass is 15.1. The predicted octanol–water partition coefficient (Wildman–Crippen LogP) is 4.69.